The fourth-order valence-corrected chi connectivity index (χ4v) is 2.29. The Hall–Kier alpha value is -3.52. The molecule has 0 spiro atoms. The molecule has 3 aromatic rings. The van der Waals surface area contributed by atoms with Crippen molar-refractivity contribution in [2.75, 3.05) is 0 Å². The van der Waals surface area contributed by atoms with Crippen LogP contribution in [0.3, 0.4) is 0 Å². The Balaban J connectivity index is 1.60. The summed E-state index contributed by atoms with van der Waals surface area (Å²) in [5, 5.41) is 0.560. The quantitative estimate of drug-likeness (QED) is 0.648. The second kappa shape index (κ2) is 8.45. The van der Waals surface area contributed by atoms with Crippen LogP contribution in [0.15, 0.2) is 60.8 Å². The molecule has 0 radical (unpaired) electrons. The van der Waals surface area contributed by atoms with Crippen LogP contribution in [0.4, 0.5) is 8.78 Å². The number of nitrogens with zero attached hydrogens (tertiary/aromatic N) is 1. The van der Waals surface area contributed by atoms with Gasteiger partial charge in [0.15, 0.2) is 0 Å². The number of aromatic nitrogens is 1. The highest BCUT2D eigenvalue weighted by Crippen LogP contribution is 2.21. The lowest BCUT2D eigenvalue weighted by Gasteiger charge is -2.09. The van der Waals surface area contributed by atoms with Gasteiger partial charge < -0.3 is 4.74 Å². The molecule has 0 bridgehead atoms. The summed E-state index contributed by atoms with van der Waals surface area (Å²) in [5.74, 6) is -3.20. The number of pyridine rings is 1. The van der Waals surface area contributed by atoms with Gasteiger partial charge in [-0.15, -0.1) is 0 Å². The van der Waals surface area contributed by atoms with Gasteiger partial charge in [-0.25, -0.2) is 13.8 Å². The summed E-state index contributed by atoms with van der Waals surface area (Å²) in [6.45, 7) is 0. The topological polar surface area (TPSA) is 80.3 Å². The average molecular weight is 404 g/mol. The zero-order chi connectivity index (χ0) is 20.1. The van der Waals surface area contributed by atoms with Gasteiger partial charge in [-0.3, -0.25) is 20.4 Å². The largest absolute Gasteiger partial charge is 0.439 e. The lowest BCUT2D eigenvalue weighted by atomic mass is 10.2. The maximum atomic E-state index is 13.5. The maximum Gasteiger partial charge on any atom is 0.275 e. The fraction of sp³-hybridized carbons (Fsp3) is 0. The van der Waals surface area contributed by atoms with E-state index in [4.69, 9.17) is 16.3 Å². The predicted molar refractivity (Wildman–Crippen MR) is 97.1 cm³/mol. The first-order valence-electron chi connectivity index (χ1n) is 7.88. The van der Waals surface area contributed by atoms with Crippen molar-refractivity contribution in [1.29, 1.82) is 0 Å². The van der Waals surface area contributed by atoms with Gasteiger partial charge in [0.05, 0.1) is 5.56 Å². The number of benzene rings is 2. The third kappa shape index (κ3) is 4.60. The number of hydrogen-bond acceptors (Lipinski definition) is 4. The Morgan fingerprint density at radius 2 is 1.54 bits per heavy atom. The van der Waals surface area contributed by atoms with Gasteiger partial charge in [-0.1, -0.05) is 17.7 Å². The van der Waals surface area contributed by atoms with Crippen LogP contribution in [0.25, 0.3) is 0 Å². The minimum atomic E-state index is -1.13. The minimum Gasteiger partial charge on any atom is -0.439 e. The highest BCUT2D eigenvalue weighted by molar-refractivity contribution is 6.30. The molecule has 0 saturated carbocycles. The highest BCUT2D eigenvalue weighted by atomic mass is 35.5. The van der Waals surface area contributed by atoms with Crippen LogP contribution in [-0.2, 0) is 0 Å². The average Bonchev–Trinajstić information content (AvgIpc) is 2.68. The summed E-state index contributed by atoms with van der Waals surface area (Å²) in [4.78, 5) is 27.9. The first-order valence-corrected chi connectivity index (χ1v) is 8.26. The molecule has 2 amide bonds. The molecule has 2 aromatic carbocycles. The number of carbonyl (C=O) groups excluding carboxylic acids is 2. The van der Waals surface area contributed by atoms with E-state index in [0.717, 1.165) is 18.2 Å². The van der Waals surface area contributed by atoms with Crippen LogP contribution >= 0.6 is 11.6 Å². The summed E-state index contributed by atoms with van der Waals surface area (Å²) in [6.07, 6.45) is 1.22. The SMILES string of the molecule is O=C(NNC(=O)c1c(F)cccc1F)c1ccc(Oc2ccc(Cl)cc2)nc1. The molecule has 0 aliphatic heterocycles. The van der Waals surface area contributed by atoms with Gasteiger partial charge in [0.2, 0.25) is 5.88 Å². The van der Waals surface area contributed by atoms with E-state index in [9.17, 15) is 18.4 Å². The molecule has 142 valence electrons. The number of nitrogens with one attached hydrogen (secondary N) is 2. The molecular weight excluding hydrogens is 392 g/mol. The van der Waals surface area contributed by atoms with Gasteiger partial charge >= 0.3 is 0 Å². The standard InChI is InChI=1S/C19H12ClF2N3O3/c20-12-5-7-13(8-6-12)28-16-9-4-11(10-23-16)18(26)24-25-19(27)17-14(21)2-1-3-15(17)22/h1-10H,(H,24,26)(H,25,27). The molecule has 3 rings (SSSR count). The fourth-order valence-electron chi connectivity index (χ4n) is 2.16. The van der Waals surface area contributed by atoms with Crippen LogP contribution < -0.4 is 15.6 Å². The summed E-state index contributed by atoms with van der Waals surface area (Å²) in [7, 11) is 0. The van der Waals surface area contributed by atoms with Crippen LogP contribution in [-0.4, -0.2) is 16.8 Å². The van der Waals surface area contributed by atoms with Gasteiger partial charge in [0.1, 0.15) is 22.9 Å². The third-order valence-electron chi connectivity index (χ3n) is 3.51. The van der Waals surface area contributed by atoms with Crippen LogP contribution in [0, 0.1) is 11.6 Å². The van der Waals surface area contributed by atoms with Gasteiger partial charge in [0.25, 0.3) is 11.8 Å². The molecule has 0 unspecified atom stereocenters. The van der Waals surface area contributed by atoms with E-state index in [0.29, 0.717) is 10.8 Å². The predicted octanol–water partition coefficient (Wildman–Crippen LogP) is 3.88. The Morgan fingerprint density at radius 3 is 2.14 bits per heavy atom. The number of hydrazine groups is 1. The highest BCUT2D eigenvalue weighted by Gasteiger charge is 2.17. The summed E-state index contributed by atoms with van der Waals surface area (Å²) in [6, 6.07) is 12.5. The number of amides is 2. The molecule has 6 nitrogen and oxygen atoms in total. The van der Waals surface area contributed by atoms with Crippen molar-refractivity contribution in [3.05, 3.63) is 88.6 Å². The smallest absolute Gasteiger partial charge is 0.275 e. The number of hydrogen-bond donors (Lipinski definition) is 2. The van der Waals surface area contributed by atoms with Crippen LogP contribution in [0.2, 0.25) is 5.02 Å². The Kier molecular flexibility index (Phi) is 5.81. The molecule has 28 heavy (non-hydrogen) atoms. The van der Waals surface area contributed by atoms with Crippen molar-refractivity contribution < 1.29 is 23.1 Å². The molecule has 0 aliphatic carbocycles. The Morgan fingerprint density at radius 1 is 0.893 bits per heavy atom. The zero-order valence-corrected chi connectivity index (χ0v) is 14.8. The molecule has 1 aromatic heterocycles. The van der Waals surface area contributed by atoms with Crippen molar-refractivity contribution in [1.82, 2.24) is 15.8 Å². The molecule has 1 heterocycles. The van der Waals surface area contributed by atoms with E-state index >= 15 is 0 Å². The van der Waals surface area contributed by atoms with Crippen molar-refractivity contribution >= 4 is 23.4 Å². The van der Waals surface area contributed by atoms with Gasteiger partial charge in [-0.05, 0) is 42.5 Å². The molecule has 0 saturated heterocycles. The van der Waals surface area contributed by atoms with Gasteiger partial charge in [-0.2, -0.15) is 0 Å². The number of carbonyl (C=O) groups is 2. The monoisotopic (exact) mass is 403 g/mol. The van der Waals surface area contributed by atoms with Crippen LogP contribution in [0.5, 0.6) is 11.6 Å². The first kappa shape index (κ1) is 19.2. The van der Waals surface area contributed by atoms with E-state index in [1.54, 1.807) is 24.3 Å². The van der Waals surface area contributed by atoms with Crippen LogP contribution in [0.1, 0.15) is 20.7 Å². The number of ether oxygens (including phenoxy) is 1. The van der Waals surface area contributed by atoms with E-state index < -0.39 is 29.0 Å². The summed E-state index contributed by atoms with van der Waals surface area (Å²) >= 11 is 5.79. The number of rotatable bonds is 4. The summed E-state index contributed by atoms with van der Waals surface area (Å²) in [5.41, 5.74) is 3.31. The van der Waals surface area contributed by atoms with Crippen molar-refractivity contribution in [2.24, 2.45) is 0 Å². The lowest BCUT2D eigenvalue weighted by molar-refractivity contribution is 0.0841. The molecule has 0 fully saturated rings. The summed E-state index contributed by atoms with van der Waals surface area (Å²) < 4.78 is 32.6. The second-order valence-electron chi connectivity index (χ2n) is 5.45. The Bertz CT molecular complexity index is 992. The maximum absolute atomic E-state index is 13.5. The van der Waals surface area contributed by atoms with E-state index in [1.165, 1.54) is 18.3 Å². The molecule has 0 atom stereocenters. The van der Waals surface area contributed by atoms with E-state index in [2.05, 4.69) is 10.4 Å². The molecule has 9 heteroatoms. The molecule has 0 aliphatic rings. The zero-order valence-electron chi connectivity index (χ0n) is 14.1. The third-order valence-corrected chi connectivity index (χ3v) is 3.77. The number of halogens is 3. The minimum absolute atomic E-state index is 0.0951. The lowest BCUT2D eigenvalue weighted by Crippen LogP contribution is -2.42. The molecule has 2 N–H and O–H groups in total. The van der Waals surface area contributed by atoms with Crippen molar-refractivity contribution in [3.8, 4) is 11.6 Å². The van der Waals surface area contributed by atoms with Crippen molar-refractivity contribution in [2.45, 2.75) is 0 Å². The van der Waals surface area contributed by atoms with E-state index in [1.807, 2.05) is 5.43 Å². The second-order valence-corrected chi connectivity index (χ2v) is 5.88. The van der Waals surface area contributed by atoms with Crippen molar-refractivity contribution in [3.63, 3.8) is 0 Å². The van der Waals surface area contributed by atoms with E-state index in [-0.39, 0.29) is 11.4 Å². The molecular formula is C19H12ClF2N3O3. The first-order chi connectivity index (χ1) is 13.4. The van der Waals surface area contributed by atoms with Gasteiger partial charge in [0, 0.05) is 17.3 Å². The Labute approximate surface area is 163 Å². The normalized spacial score (nSPS) is 10.2.